The number of fused-ring (bicyclic) bond motifs is 1. The molecule has 0 radical (unpaired) electrons. The van der Waals surface area contributed by atoms with Crippen LogP contribution in [-0.4, -0.2) is 20.5 Å². The fourth-order valence-electron chi connectivity index (χ4n) is 3.87. The summed E-state index contributed by atoms with van der Waals surface area (Å²) in [7, 11) is 0. The number of nitrogens with zero attached hydrogens (tertiary/aromatic N) is 3. The van der Waals surface area contributed by atoms with Gasteiger partial charge in [0, 0.05) is 28.5 Å². The molecule has 5 nitrogen and oxygen atoms in total. The predicted molar refractivity (Wildman–Crippen MR) is 107 cm³/mol. The zero-order valence-corrected chi connectivity index (χ0v) is 16.4. The van der Waals surface area contributed by atoms with Crippen molar-refractivity contribution in [1.82, 2.24) is 14.8 Å². The number of hydrogen-bond donors (Lipinski definition) is 1. The van der Waals surface area contributed by atoms with Crippen LogP contribution < -0.4 is 5.32 Å². The molecule has 5 rings (SSSR count). The molecular formula is C19H14Cl2N4OS. The topological polar surface area (TPSA) is 59.8 Å². The van der Waals surface area contributed by atoms with Gasteiger partial charge < -0.3 is 5.32 Å². The van der Waals surface area contributed by atoms with Crippen LogP contribution in [0.2, 0.25) is 10.0 Å². The minimum absolute atomic E-state index is 0.124. The molecule has 27 heavy (non-hydrogen) atoms. The van der Waals surface area contributed by atoms with E-state index in [0.29, 0.717) is 22.4 Å². The molecule has 1 aromatic carbocycles. The number of carbonyl (C=O) groups excluding carboxylic acids is 1. The van der Waals surface area contributed by atoms with Gasteiger partial charge in [-0.15, -0.1) is 11.3 Å². The Bertz CT molecular complexity index is 1070. The molecule has 1 aliphatic heterocycles. The van der Waals surface area contributed by atoms with Crippen molar-refractivity contribution in [3.05, 3.63) is 73.8 Å². The number of halogens is 2. The van der Waals surface area contributed by atoms with Crippen LogP contribution in [0.3, 0.4) is 0 Å². The van der Waals surface area contributed by atoms with Crippen LogP contribution in [0, 0.1) is 0 Å². The normalized spacial score (nSPS) is 21.6. The molecule has 0 fully saturated rings. The number of nitrogens with one attached hydrogen (secondary N) is 1. The Morgan fingerprint density at radius 1 is 1.19 bits per heavy atom. The largest absolute Gasteiger partial charge is 0.328 e. The van der Waals surface area contributed by atoms with Crippen LogP contribution in [0.4, 0.5) is 5.95 Å². The number of carbonyl (C=O) groups is 1. The number of thiophene rings is 1. The lowest BCUT2D eigenvalue weighted by Crippen LogP contribution is -2.33. The van der Waals surface area contributed by atoms with Crippen molar-refractivity contribution in [3.8, 4) is 0 Å². The van der Waals surface area contributed by atoms with Gasteiger partial charge in [0.25, 0.3) is 0 Å². The summed E-state index contributed by atoms with van der Waals surface area (Å²) in [5, 5.41) is 10.6. The highest BCUT2D eigenvalue weighted by Crippen LogP contribution is 2.45. The minimum Gasteiger partial charge on any atom is -0.328 e. The van der Waals surface area contributed by atoms with Crippen molar-refractivity contribution in [2.75, 3.05) is 5.32 Å². The second kappa shape index (κ2) is 6.48. The van der Waals surface area contributed by atoms with E-state index < -0.39 is 0 Å². The number of allylic oxidation sites excluding steroid dienone is 2. The number of rotatable bonds is 2. The van der Waals surface area contributed by atoms with Crippen molar-refractivity contribution < 1.29 is 4.79 Å². The van der Waals surface area contributed by atoms with E-state index in [1.54, 1.807) is 28.2 Å². The first-order chi connectivity index (χ1) is 13.1. The van der Waals surface area contributed by atoms with Crippen LogP contribution in [0.1, 0.15) is 35.2 Å². The van der Waals surface area contributed by atoms with Gasteiger partial charge in [-0.25, -0.2) is 4.68 Å². The fourth-order valence-corrected chi connectivity index (χ4v) is 5.00. The van der Waals surface area contributed by atoms with Crippen molar-refractivity contribution in [2.24, 2.45) is 0 Å². The van der Waals surface area contributed by atoms with Crippen molar-refractivity contribution >= 4 is 46.3 Å². The fraction of sp³-hybridized carbons (Fsp3) is 0.211. The summed E-state index contributed by atoms with van der Waals surface area (Å²) in [6.45, 7) is 0. The third-order valence-electron chi connectivity index (χ3n) is 5.07. The Labute approximate surface area is 169 Å². The van der Waals surface area contributed by atoms with Gasteiger partial charge in [-0.2, -0.15) is 10.1 Å². The molecule has 0 spiro atoms. The van der Waals surface area contributed by atoms with E-state index in [1.165, 1.54) is 11.2 Å². The summed E-state index contributed by atoms with van der Waals surface area (Å²) in [6.07, 6.45) is 2.75. The second-order valence-corrected chi connectivity index (χ2v) is 8.46. The maximum atomic E-state index is 13.2. The molecule has 0 saturated heterocycles. The SMILES string of the molecule is O=C1C[C@H](c2cccs2)CC2=C1[C@H](c1ccc(Cl)c(Cl)c1)n1ncnc1N2. The predicted octanol–water partition coefficient (Wildman–Crippen LogP) is 5.06. The van der Waals surface area contributed by atoms with Crippen LogP contribution >= 0.6 is 34.5 Å². The highest BCUT2D eigenvalue weighted by Gasteiger charge is 2.39. The number of aromatic nitrogens is 3. The quantitative estimate of drug-likeness (QED) is 0.633. The van der Waals surface area contributed by atoms with Gasteiger partial charge in [-0.1, -0.05) is 35.3 Å². The standard InChI is InChI=1S/C19H14Cl2N4OS/c20-12-4-3-10(6-13(12)21)18-17-14(24-19-22-9-23-25(18)19)7-11(8-15(17)26)16-2-1-5-27-16/h1-6,9,11,18H,7-8H2,(H,22,23,24)/t11-,18+/m1/s1. The molecule has 0 saturated carbocycles. The monoisotopic (exact) mass is 416 g/mol. The molecule has 3 heterocycles. The first-order valence-electron chi connectivity index (χ1n) is 8.53. The highest BCUT2D eigenvalue weighted by molar-refractivity contribution is 7.10. The third-order valence-corrected chi connectivity index (χ3v) is 6.84. The van der Waals surface area contributed by atoms with Crippen LogP contribution in [-0.2, 0) is 4.79 Å². The lowest BCUT2D eigenvalue weighted by Gasteiger charge is -2.34. The zero-order valence-electron chi connectivity index (χ0n) is 14.0. The summed E-state index contributed by atoms with van der Waals surface area (Å²) in [5.74, 6) is 0.941. The summed E-state index contributed by atoms with van der Waals surface area (Å²) >= 11 is 14.0. The third kappa shape index (κ3) is 2.79. The number of anilines is 1. The molecule has 136 valence electrons. The van der Waals surface area contributed by atoms with Gasteiger partial charge in [0.2, 0.25) is 5.95 Å². The Hall–Kier alpha value is -2.15. The molecule has 1 N–H and O–H groups in total. The molecule has 0 amide bonds. The average molecular weight is 417 g/mol. The van der Waals surface area contributed by atoms with E-state index in [1.807, 2.05) is 17.5 Å². The maximum absolute atomic E-state index is 13.2. The molecule has 0 bridgehead atoms. The average Bonchev–Trinajstić information content (AvgIpc) is 3.33. The Morgan fingerprint density at radius 3 is 2.85 bits per heavy atom. The van der Waals surface area contributed by atoms with E-state index in [9.17, 15) is 4.79 Å². The molecule has 1 aliphatic carbocycles. The van der Waals surface area contributed by atoms with E-state index in [-0.39, 0.29) is 17.7 Å². The van der Waals surface area contributed by atoms with E-state index in [0.717, 1.165) is 23.3 Å². The lowest BCUT2D eigenvalue weighted by molar-refractivity contribution is -0.116. The van der Waals surface area contributed by atoms with Gasteiger partial charge in [-0.05, 0) is 35.6 Å². The maximum Gasteiger partial charge on any atom is 0.226 e. The van der Waals surface area contributed by atoms with Gasteiger partial charge in [0.05, 0.1) is 10.0 Å². The van der Waals surface area contributed by atoms with E-state index in [2.05, 4.69) is 21.5 Å². The number of ketones is 1. The van der Waals surface area contributed by atoms with Crippen LogP contribution in [0.15, 0.2) is 53.3 Å². The number of benzene rings is 1. The number of hydrogen-bond acceptors (Lipinski definition) is 5. The molecule has 3 aromatic rings. The van der Waals surface area contributed by atoms with Crippen LogP contribution in [0.25, 0.3) is 0 Å². The van der Waals surface area contributed by atoms with E-state index in [4.69, 9.17) is 23.2 Å². The lowest BCUT2D eigenvalue weighted by atomic mass is 9.80. The molecule has 2 atom stereocenters. The minimum atomic E-state index is -0.356. The van der Waals surface area contributed by atoms with E-state index >= 15 is 0 Å². The summed E-state index contributed by atoms with van der Waals surface area (Å²) in [4.78, 5) is 18.7. The first-order valence-corrected chi connectivity index (χ1v) is 10.2. The highest BCUT2D eigenvalue weighted by atomic mass is 35.5. The van der Waals surface area contributed by atoms with Gasteiger partial charge in [0.15, 0.2) is 5.78 Å². The smallest absolute Gasteiger partial charge is 0.226 e. The van der Waals surface area contributed by atoms with Gasteiger partial charge in [-0.3, -0.25) is 4.79 Å². The Morgan fingerprint density at radius 2 is 2.07 bits per heavy atom. The molecule has 0 unspecified atom stereocenters. The van der Waals surface area contributed by atoms with Gasteiger partial charge >= 0.3 is 0 Å². The Balaban J connectivity index is 1.63. The molecular weight excluding hydrogens is 403 g/mol. The van der Waals surface area contributed by atoms with Crippen molar-refractivity contribution in [2.45, 2.75) is 24.8 Å². The van der Waals surface area contributed by atoms with Gasteiger partial charge in [0.1, 0.15) is 12.4 Å². The molecule has 2 aliphatic rings. The van der Waals surface area contributed by atoms with Crippen molar-refractivity contribution in [1.29, 1.82) is 0 Å². The second-order valence-electron chi connectivity index (χ2n) is 6.67. The Kier molecular flexibility index (Phi) is 4.07. The first kappa shape index (κ1) is 17.0. The summed E-state index contributed by atoms with van der Waals surface area (Å²) in [6, 6.07) is 9.20. The summed E-state index contributed by atoms with van der Waals surface area (Å²) in [5.41, 5.74) is 2.52. The van der Waals surface area contributed by atoms with Crippen molar-refractivity contribution in [3.63, 3.8) is 0 Å². The summed E-state index contributed by atoms with van der Waals surface area (Å²) < 4.78 is 1.74. The molecule has 2 aromatic heterocycles. The molecule has 8 heteroatoms. The van der Waals surface area contributed by atoms with Crippen LogP contribution in [0.5, 0.6) is 0 Å². The zero-order chi connectivity index (χ0) is 18.5. The number of Topliss-reactive ketones (excluding diaryl/α,β-unsaturated/α-hetero) is 1.